The zero-order valence-electron chi connectivity index (χ0n) is 13.9. The Bertz CT molecular complexity index is 812. The van der Waals surface area contributed by atoms with E-state index < -0.39 is 0 Å². The molecule has 0 bridgehead atoms. The number of amides is 1. The minimum Gasteiger partial charge on any atom is -0.469 e. The first-order valence-electron chi connectivity index (χ1n) is 8.15. The molecular weight excluding hydrogens is 323 g/mol. The van der Waals surface area contributed by atoms with Crippen LogP contribution >= 0.6 is 0 Å². The third kappa shape index (κ3) is 4.12. The molecule has 0 saturated carbocycles. The predicted molar refractivity (Wildman–Crippen MR) is 89.6 cm³/mol. The van der Waals surface area contributed by atoms with Gasteiger partial charge in [-0.05, 0) is 36.2 Å². The van der Waals surface area contributed by atoms with Crippen LogP contribution in [0, 0.1) is 5.82 Å². The lowest BCUT2D eigenvalue weighted by molar-refractivity contribution is 0.0948. The average molecular weight is 342 g/mol. The van der Waals surface area contributed by atoms with Gasteiger partial charge in [0, 0.05) is 13.0 Å². The van der Waals surface area contributed by atoms with Crippen LogP contribution in [0.2, 0.25) is 0 Å². The molecular formula is C18H19FN4O2. The van der Waals surface area contributed by atoms with Crippen LogP contribution in [-0.4, -0.2) is 27.4 Å². The smallest absolute Gasteiger partial charge is 0.273 e. The van der Waals surface area contributed by atoms with E-state index in [9.17, 15) is 9.18 Å². The van der Waals surface area contributed by atoms with E-state index in [4.69, 9.17) is 4.42 Å². The van der Waals surface area contributed by atoms with Crippen molar-refractivity contribution in [3.8, 4) is 0 Å². The van der Waals surface area contributed by atoms with E-state index in [0.29, 0.717) is 13.0 Å². The summed E-state index contributed by atoms with van der Waals surface area (Å²) in [7, 11) is 0. The van der Waals surface area contributed by atoms with E-state index in [-0.39, 0.29) is 23.5 Å². The van der Waals surface area contributed by atoms with Gasteiger partial charge in [0.1, 0.15) is 11.6 Å². The Kier molecular flexibility index (Phi) is 5.23. The molecule has 3 rings (SSSR count). The maximum atomic E-state index is 13.1. The molecule has 0 fully saturated rings. The quantitative estimate of drug-likeness (QED) is 0.716. The summed E-state index contributed by atoms with van der Waals surface area (Å²) in [5.74, 6) is 0.242. The SMILES string of the molecule is CC[C@@H](c1ccc(F)cc1)n1cc(C(=O)NCCc2ccco2)nn1. The molecule has 0 saturated heterocycles. The van der Waals surface area contributed by atoms with Gasteiger partial charge in [0.2, 0.25) is 0 Å². The maximum absolute atomic E-state index is 13.1. The Morgan fingerprint density at radius 1 is 1.32 bits per heavy atom. The van der Waals surface area contributed by atoms with E-state index in [1.54, 1.807) is 29.3 Å². The summed E-state index contributed by atoms with van der Waals surface area (Å²) in [5.41, 5.74) is 1.17. The summed E-state index contributed by atoms with van der Waals surface area (Å²) in [5, 5.41) is 10.8. The van der Waals surface area contributed by atoms with Gasteiger partial charge in [0.05, 0.1) is 18.5 Å². The Morgan fingerprint density at radius 3 is 2.80 bits per heavy atom. The summed E-state index contributed by atoms with van der Waals surface area (Å²) in [6.07, 6.45) is 4.57. The number of halogens is 1. The molecule has 1 amide bonds. The average Bonchev–Trinajstić information content (AvgIpc) is 3.29. The Morgan fingerprint density at radius 2 is 2.12 bits per heavy atom. The highest BCUT2D eigenvalue weighted by Gasteiger charge is 2.17. The van der Waals surface area contributed by atoms with E-state index in [1.165, 1.54) is 12.1 Å². The fourth-order valence-corrected chi connectivity index (χ4v) is 2.64. The number of carbonyl (C=O) groups is 1. The van der Waals surface area contributed by atoms with Crippen LogP contribution in [0.25, 0.3) is 0 Å². The Labute approximate surface area is 144 Å². The third-order valence-corrected chi connectivity index (χ3v) is 3.94. The fourth-order valence-electron chi connectivity index (χ4n) is 2.64. The van der Waals surface area contributed by atoms with Gasteiger partial charge in [-0.3, -0.25) is 4.79 Å². The summed E-state index contributed by atoms with van der Waals surface area (Å²) in [6.45, 7) is 2.45. The summed E-state index contributed by atoms with van der Waals surface area (Å²) >= 11 is 0. The first kappa shape index (κ1) is 16.9. The van der Waals surface area contributed by atoms with Crippen LogP contribution in [0.5, 0.6) is 0 Å². The minimum atomic E-state index is -0.285. The van der Waals surface area contributed by atoms with Crippen LogP contribution < -0.4 is 5.32 Å². The van der Waals surface area contributed by atoms with Gasteiger partial charge in [-0.25, -0.2) is 9.07 Å². The number of furan rings is 1. The van der Waals surface area contributed by atoms with Crippen LogP contribution in [0.15, 0.2) is 53.3 Å². The van der Waals surface area contributed by atoms with E-state index in [0.717, 1.165) is 17.7 Å². The molecule has 25 heavy (non-hydrogen) atoms. The number of rotatable bonds is 7. The van der Waals surface area contributed by atoms with Gasteiger partial charge in [0.15, 0.2) is 5.69 Å². The van der Waals surface area contributed by atoms with Crippen molar-refractivity contribution in [3.05, 3.63) is 71.7 Å². The highest BCUT2D eigenvalue weighted by molar-refractivity contribution is 5.91. The lowest BCUT2D eigenvalue weighted by Gasteiger charge is -2.14. The number of carbonyl (C=O) groups excluding carboxylic acids is 1. The molecule has 1 aromatic carbocycles. The van der Waals surface area contributed by atoms with E-state index in [1.807, 2.05) is 19.1 Å². The lowest BCUT2D eigenvalue weighted by Crippen LogP contribution is -2.26. The lowest BCUT2D eigenvalue weighted by atomic mass is 10.0. The summed E-state index contributed by atoms with van der Waals surface area (Å²) in [4.78, 5) is 12.2. The standard InChI is InChI=1S/C18H19FN4O2/c1-2-17(13-5-7-14(19)8-6-13)23-12-16(21-22-23)18(24)20-10-9-15-4-3-11-25-15/h3-8,11-12,17H,2,9-10H2,1H3,(H,20,24)/t17-/m0/s1. The molecule has 0 aliphatic carbocycles. The molecule has 1 N–H and O–H groups in total. The molecule has 3 aromatic rings. The van der Waals surface area contributed by atoms with Crippen molar-refractivity contribution in [2.75, 3.05) is 6.54 Å². The van der Waals surface area contributed by atoms with Crippen LogP contribution in [0.1, 0.15) is 41.2 Å². The maximum Gasteiger partial charge on any atom is 0.273 e. The molecule has 130 valence electrons. The van der Waals surface area contributed by atoms with Gasteiger partial charge in [-0.1, -0.05) is 24.3 Å². The molecule has 2 aromatic heterocycles. The Balaban J connectivity index is 1.63. The van der Waals surface area contributed by atoms with Crippen LogP contribution in [0.4, 0.5) is 4.39 Å². The molecule has 6 nitrogen and oxygen atoms in total. The second-order valence-electron chi connectivity index (χ2n) is 5.64. The van der Waals surface area contributed by atoms with Crippen molar-refractivity contribution in [2.45, 2.75) is 25.8 Å². The number of benzene rings is 1. The third-order valence-electron chi connectivity index (χ3n) is 3.94. The number of hydrogen-bond donors (Lipinski definition) is 1. The molecule has 2 heterocycles. The van der Waals surface area contributed by atoms with Crippen molar-refractivity contribution in [2.24, 2.45) is 0 Å². The van der Waals surface area contributed by atoms with Gasteiger partial charge in [-0.2, -0.15) is 0 Å². The molecule has 0 spiro atoms. The number of hydrogen-bond acceptors (Lipinski definition) is 4. The molecule has 0 unspecified atom stereocenters. The van der Waals surface area contributed by atoms with Crippen molar-refractivity contribution < 1.29 is 13.6 Å². The van der Waals surface area contributed by atoms with Crippen molar-refractivity contribution in [1.29, 1.82) is 0 Å². The Hall–Kier alpha value is -2.96. The normalized spacial score (nSPS) is 12.1. The first-order chi connectivity index (χ1) is 12.2. The predicted octanol–water partition coefficient (Wildman–Crippen LogP) is 2.98. The van der Waals surface area contributed by atoms with Gasteiger partial charge in [-0.15, -0.1) is 5.10 Å². The van der Waals surface area contributed by atoms with Crippen LogP contribution in [-0.2, 0) is 6.42 Å². The van der Waals surface area contributed by atoms with Crippen molar-refractivity contribution in [1.82, 2.24) is 20.3 Å². The topological polar surface area (TPSA) is 73.0 Å². The highest BCUT2D eigenvalue weighted by atomic mass is 19.1. The van der Waals surface area contributed by atoms with Gasteiger partial charge in [0.25, 0.3) is 5.91 Å². The second-order valence-corrected chi connectivity index (χ2v) is 5.64. The zero-order valence-corrected chi connectivity index (χ0v) is 13.9. The van der Waals surface area contributed by atoms with Gasteiger partial charge < -0.3 is 9.73 Å². The van der Waals surface area contributed by atoms with E-state index in [2.05, 4.69) is 15.6 Å². The van der Waals surface area contributed by atoms with Gasteiger partial charge >= 0.3 is 0 Å². The number of nitrogens with zero attached hydrogens (tertiary/aromatic N) is 3. The molecule has 0 aliphatic heterocycles. The highest BCUT2D eigenvalue weighted by Crippen LogP contribution is 2.21. The summed E-state index contributed by atoms with van der Waals surface area (Å²) < 4.78 is 19.9. The van der Waals surface area contributed by atoms with Crippen LogP contribution in [0.3, 0.4) is 0 Å². The summed E-state index contributed by atoms with van der Waals surface area (Å²) in [6, 6.07) is 9.83. The first-order valence-corrected chi connectivity index (χ1v) is 8.15. The fraction of sp³-hybridized carbons (Fsp3) is 0.278. The number of aromatic nitrogens is 3. The number of nitrogens with one attached hydrogen (secondary N) is 1. The van der Waals surface area contributed by atoms with Crippen molar-refractivity contribution in [3.63, 3.8) is 0 Å². The minimum absolute atomic E-state index is 0.0993. The molecule has 0 aliphatic rings. The van der Waals surface area contributed by atoms with Crippen molar-refractivity contribution >= 4 is 5.91 Å². The zero-order chi connectivity index (χ0) is 17.6. The largest absolute Gasteiger partial charge is 0.469 e. The molecule has 0 radical (unpaired) electrons. The monoisotopic (exact) mass is 342 g/mol. The molecule has 1 atom stereocenters. The molecule has 7 heteroatoms. The van der Waals surface area contributed by atoms with E-state index >= 15 is 0 Å². The second kappa shape index (κ2) is 7.74.